The Bertz CT molecular complexity index is 357. The van der Waals surface area contributed by atoms with Gasteiger partial charge < -0.3 is 0 Å². The molecule has 0 fully saturated rings. The molecule has 0 aliphatic carbocycles. The molecule has 0 unspecified atom stereocenters. The van der Waals surface area contributed by atoms with Gasteiger partial charge in [-0.1, -0.05) is 70.6 Å². The van der Waals surface area contributed by atoms with Crippen molar-refractivity contribution >= 4 is 70.6 Å². The lowest BCUT2D eigenvalue weighted by atomic mass is 11.2. The van der Waals surface area contributed by atoms with Crippen LogP contribution in [0.15, 0.2) is 38.6 Å². The molecular weight excluding hydrogens is 288 g/mol. The zero-order valence-corrected chi connectivity index (χ0v) is 11.7. The van der Waals surface area contributed by atoms with Crippen molar-refractivity contribution in [1.82, 2.24) is 0 Å². The average Bonchev–Trinajstić information content (AvgIpc) is 2.86. The molecule has 0 amide bonds. The van der Waals surface area contributed by atoms with Gasteiger partial charge in [-0.05, 0) is 21.6 Å². The summed E-state index contributed by atoms with van der Waals surface area (Å²) >= 11 is 11.2. The van der Waals surface area contributed by atoms with Crippen molar-refractivity contribution in [1.29, 1.82) is 0 Å². The summed E-state index contributed by atoms with van der Waals surface area (Å²) in [4.78, 5) is 0. The van der Waals surface area contributed by atoms with Gasteiger partial charge in [0, 0.05) is 0 Å². The van der Waals surface area contributed by atoms with Crippen LogP contribution in [0.25, 0.3) is 0 Å². The maximum atomic E-state index is 2.16. The maximum Gasteiger partial charge on any atom is 0.0717 e. The topological polar surface area (TPSA) is 0 Å². The van der Waals surface area contributed by atoms with E-state index in [1.165, 1.54) is 16.9 Å². The molecule has 0 aromatic rings. The van der Waals surface area contributed by atoms with Gasteiger partial charge in [0.05, 0.1) is 16.9 Å². The van der Waals surface area contributed by atoms with Gasteiger partial charge in [-0.25, -0.2) is 0 Å². The highest BCUT2D eigenvalue weighted by atomic mass is 32.3. The lowest BCUT2D eigenvalue weighted by Crippen LogP contribution is -1.68. The minimum Gasteiger partial charge on any atom is -0.0884 e. The first-order chi connectivity index (χ1) is 6.93. The fourth-order valence-corrected chi connectivity index (χ4v) is 8.33. The minimum absolute atomic E-state index is 1.44. The van der Waals surface area contributed by atoms with Crippen molar-refractivity contribution in [3.8, 4) is 0 Å². The first-order valence-corrected chi connectivity index (χ1v) is 8.89. The minimum atomic E-state index is 1.44. The van der Waals surface area contributed by atoms with Crippen LogP contribution in [0.3, 0.4) is 0 Å². The van der Waals surface area contributed by atoms with Crippen molar-refractivity contribution < 1.29 is 0 Å². The van der Waals surface area contributed by atoms with Gasteiger partial charge in [0.2, 0.25) is 0 Å². The highest BCUT2D eigenvalue weighted by Crippen LogP contribution is 2.63. The molecule has 0 saturated carbocycles. The Morgan fingerprint density at radius 3 is 1.43 bits per heavy atom. The maximum absolute atomic E-state index is 2.16. The lowest BCUT2D eigenvalue weighted by molar-refractivity contribution is 2.31. The largest absolute Gasteiger partial charge is 0.0884 e. The van der Waals surface area contributed by atoms with E-state index in [2.05, 4.69) is 21.6 Å². The highest BCUT2D eigenvalue weighted by molar-refractivity contribution is 8.43. The molecule has 0 radical (unpaired) electrons. The molecule has 3 rings (SSSR count). The Balaban J connectivity index is 1.82. The van der Waals surface area contributed by atoms with Gasteiger partial charge >= 0.3 is 0 Å². The van der Waals surface area contributed by atoms with E-state index in [1.54, 1.807) is 0 Å². The third kappa shape index (κ3) is 1.97. The summed E-state index contributed by atoms with van der Waals surface area (Å²) in [7, 11) is 0. The summed E-state index contributed by atoms with van der Waals surface area (Å²) in [5.41, 5.74) is 0. The second kappa shape index (κ2) is 4.51. The van der Waals surface area contributed by atoms with Crippen LogP contribution in [0, 0.1) is 0 Å². The summed E-state index contributed by atoms with van der Waals surface area (Å²) in [6.45, 7) is 0. The molecule has 14 heavy (non-hydrogen) atoms. The van der Waals surface area contributed by atoms with E-state index < -0.39 is 0 Å². The number of rotatable bonds is 0. The van der Waals surface area contributed by atoms with Crippen LogP contribution in [0.1, 0.15) is 0 Å². The fraction of sp³-hybridized carbons (Fsp3) is 0. The summed E-state index contributed by atoms with van der Waals surface area (Å²) in [6, 6.07) is 0. The summed E-state index contributed by atoms with van der Waals surface area (Å²) in [5.74, 6) is 0. The first kappa shape index (κ1) is 10.2. The molecule has 0 N–H and O–H groups in total. The van der Waals surface area contributed by atoms with Crippen LogP contribution in [0.5, 0.6) is 0 Å². The molecule has 0 aromatic carbocycles. The highest BCUT2D eigenvalue weighted by Gasteiger charge is 2.26. The zero-order valence-electron chi connectivity index (χ0n) is 6.76. The van der Waals surface area contributed by atoms with Crippen LogP contribution in [-0.4, -0.2) is 0 Å². The van der Waals surface area contributed by atoms with Crippen LogP contribution in [0.2, 0.25) is 0 Å². The summed E-state index contributed by atoms with van der Waals surface area (Å²) in [5, 5.41) is 8.64. The lowest BCUT2D eigenvalue weighted by Gasteiger charge is -2.02. The molecule has 3 heterocycles. The van der Waals surface area contributed by atoms with Gasteiger partial charge in [-0.3, -0.25) is 0 Å². The molecule has 3 aliphatic rings. The van der Waals surface area contributed by atoms with E-state index in [1.807, 2.05) is 70.6 Å². The van der Waals surface area contributed by atoms with Crippen LogP contribution in [0.4, 0.5) is 0 Å². The Morgan fingerprint density at radius 1 is 0.500 bits per heavy atom. The van der Waals surface area contributed by atoms with Gasteiger partial charge in [0.25, 0.3) is 0 Å². The molecular formula is C8H4S6. The number of thioether (sulfide) groups is 6. The molecule has 0 bridgehead atoms. The molecule has 0 spiro atoms. The third-order valence-corrected chi connectivity index (χ3v) is 9.37. The molecule has 3 aliphatic heterocycles. The van der Waals surface area contributed by atoms with E-state index in [4.69, 9.17) is 0 Å². The Kier molecular flexibility index (Phi) is 3.30. The fourth-order valence-electron chi connectivity index (χ4n) is 0.983. The van der Waals surface area contributed by atoms with Gasteiger partial charge in [-0.2, -0.15) is 0 Å². The first-order valence-electron chi connectivity index (χ1n) is 3.74. The smallest absolute Gasteiger partial charge is 0.0717 e. The Morgan fingerprint density at radius 2 is 0.929 bits per heavy atom. The Labute approximate surface area is 108 Å². The van der Waals surface area contributed by atoms with E-state index >= 15 is 0 Å². The second-order valence-electron chi connectivity index (χ2n) is 2.37. The Hall–Kier alpha value is 1.06. The predicted molar refractivity (Wildman–Crippen MR) is 77.9 cm³/mol. The van der Waals surface area contributed by atoms with E-state index in [0.717, 1.165) is 0 Å². The molecule has 0 saturated heterocycles. The summed E-state index contributed by atoms with van der Waals surface area (Å²) in [6.07, 6.45) is 0. The van der Waals surface area contributed by atoms with Crippen LogP contribution >= 0.6 is 70.6 Å². The van der Waals surface area contributed by atoms with Crippen LogP contribution in [-0.2, 0) is 0 Å². The van der Waals surface area contributed by atoms with Crippen molar-refractivity contribution in [2.75, 3.05) is 0 Å². The normalized spacial score (nSPS) is 25.1. The monoisotopic (exact) mass is 292 g/mol. The third-order valence-electron chi connectivity index (χ3n) is 1.52. The van der Waals surface area contributed by atoms with Crippen molar-refractivity contribution in [3.05, 3.63) is 38.6 Å². The van der Waals surface area contributed by atoms with E-state index in [0.29, 0.717) is 0 Å². The number of hydrogen-bond acceptors (Lipinski definition) is 6. The number of hydrogen-bond donors (Lipinski definition) is 0. The van der Waals surface area contributed by atoms with E-state index in [-0.39, 0.29) is 0 Å². The average molecular weight is 293 g/mol. The van der Waals surface area contributed by atoms with Gasteiger partial charge in [0.1, 0.15) is 0 Å². The molecule has 0 aromatic heterocycles. The van der Waals surface area contributed by atoms with Crippen molar-refractivity contribution in [2.45, 2.75) is 0 Å². The quantitative estimate of drug-likeness (QED) is 0.564. The van der Waals surface area contributed by atoms with Crippen LogP contribution < -0.4 is 0 Å². The van der Waals surface area contributed by atoms with Crippen molar-refractivity contribution in [2.24, 2.45) is 0 Å². The van der Waals surface area contributed by atoms with E-state index in [9.17, 15) is 0 Å². The predicted octanol–water partition coefficient (Wildman–Crippen LogP) is 5.62. The SMILES string of the molecule is C1=CSC(=C2SC3=C(SC=CS3)S2)S1. The van der Waals surface area contributed by atoms with Gasteiger partial charge in [0.15, 0.2) is 0 Å². The second-order valence-corrected chi connectivity index (χ2v) is 9.11. The van der Waals surface area contributed by atoms with Gasteiger partial charge in [-0.15, -0.1) is 0 Å². The van der Waals surface area contributed by atoms with Crippen molar-refractivity contribution in [3.63, 3.8) is 0 Å². The molecule has 0 atom stereocenters. The molecule has 6 heteroatoms. The molecule has 72 valence electrons. The summed E-state index contributed by atoms with van der Waals surface area (Å²) < 4.78 is 5.81. The molecule has 0 nitrogen and oxygen atoms in total. The standard InChI is InChI=1S/C8H4S6/c1-2-10-5(9-1)8-13-6-7(14-8)12-4-3-11-6/h1-4H. The zero-order chi connectivity index (χ0) is 9.38.